The van der Waals surface area contributed by atoms with Gasteiger partial charge in [-0.2, -0.15) is 4.99 Å². The summed E-state index contributed by atoms with van der Waals surface area (Å²) in [6, 6.07) is 9.90. The molecule has 0 bridgehead atoms. The summed E-state index contributed by atoms with van der Waals surface area (Å²) in [5.74, 6) is 0.314. The minimum atomic E-state index is 0.314. The highest BCUT2D eigenvalue weighted by Gasteiger charge is 2.13. The lowest BCUT2D eigenvalue weighted by Gasteiger charge is -2.14. The maximum Gasteiger partial charge on any atom is 0.240 e. The fourth-order valence-corrected chi connectivity index (χ4v) is 1.96. The Hall–Kier alpha value is -2.25. The van der Waals surface area contributed by atoms with E-state index in [1.54, 1.807) is 12.3 Å². The quantitative estimate of drug-likeness (QED) is 0.602. The third-order valence-electron chi connectivity index (χ3n) is 2.81. The van der Waals surface area contributed by atoms with Gasteiger partial charge in [0.1, 0.15) is 5.69 Å². The second-order valence-corrected chi connectivity index (χ2v) is 4.35. The molecule has 0 saturated carbocycles. The summed E-state index contributed by atoms with van der Waals surface area (Å²) in [5, 5.41) is 0. The van der Waals surface area contributed by atoms with E-state index >= 15 is 0 Å². The zero-order chi connectivity index (χ0) is 13.0. The third kappa shape index (κ3) is 2.36. The Labute approximate surface area is 106 Å². The molecule has 0 radical (unpaired) electrons. The number of isocyanates is 1. The molecule has 0 aliphatic rings. The first-order valence-electron chi connectivity index (χ1n) is 5.85. The number of aliphatic imine (C=N–C) groups is 1. The van der Waals surface area contributed by atoms with Gasteiger partial charge < -0.3 is 0 Å². The van der Waals surface area contributed by atoms with Crippen LogP contribution in [0, 0.1) is 0 Å². The number of rotatable bonds is 3. The lowest BCUT2D eigenvalue weighted by atomic mass is 9.93. The van der Waals surface area contributed by atoms with Crippen LogP contribution in [0.4, 0.5) is 5.69 Å². The molecular weight excluding hydrogens is 224 g/mol. The summed E-state index contributed by atoms with van der Waals surface area (Å²) >= 11 is 0. The Morgan fingerprint density at radius 2 is 1.89 bits per heavy atom. The number of hydrogen-bond donors (Lipinski definition) is 0. The predicted molar refractivity (Wildman–Crippen MR) is 71.5 cm³/mol. The molecule has 2 aromatic rings. The number of pyridine rings is 1. The lowest BCUT2D eigenvalue weighted by Crippen LogP contribution is -1.94. The molecular formula is C15H14N2O. The van der Waals surface area contributed by atoms with Crippen molar-refractivity contribution in [3.63, 3.8) is 0 Å². The molecule has 0 aliphatic carbocycles. The van der Waals surface area contributed by atoms with Gasteiger partial charge in [-0.15, -0.1) is 0 Å². The topological polar surface area (TPSA) is 42.3 Å². The number of hydrogen-bond acceptors (Lipinski definition) is 3. The van der Waals surface area contributed by atoms with Gasteiger partial charge in [0.15, 0.2) is 0 Å². The third-order valence-corrected chi connectivity index (χ3v) is 2.81. The van der Waals surface area contributed by atoms with Crippen LogP contribution in [0.2, 0.25) is 0 Å². The Morgan fingerprint density at radius 3 is 2.50 bits per heavy atom. The van der Waals surface area contributed by atoms with Crippen LogP contribution in [-0.4, -0.2) is 11.1 Å². The van der Waals surface area contributed by atoms with Gasteiger partial charge >= 0.3 is 0 Å². The van der Waals surface area contributed by atoms with Gasteiger partial charge in [-0.05, 0) is 17.0 Å². The van der Waals surface area contributed by atoms with Crippen molar-refractivity contribution >= 4 is 11.8 Å². The Kier molecular flexibility index (Phi) is 3.66. The first kappa shape index (κ1) is 12.2. The second-order valence-electron chi connectivity index (χ2n) is 4.35. The lowest BCUT2D eigenvalue weighted by molar-refractivity contribution is 0.565. The van der Waals surface area contributed by atoms with E-state index in [-0.39, 0.29) is 0 Å². The van der Waals surface area contributed by atoms with E-state index in [2.05, 4.69) is 23.8 Å². The van der Waals surface area contributed by atoms with Crippen molar-refractivity contribution in [2.45, 2.75) is 19.8 Å². The molecule has 18 heavy (non-hydrogen) atoms. The highest BCUT2D eigenvalue weighted by Crippen LogP contribution is 2.35. The van der Waals surface area contributed by atoms with Crippen LogP contribution < -0.4 is 0 Å². The summed E-state index contributed by atoms with van der Waals surface area (Å²) < 4.78 is 0. The molecule has 0 atom stereocenters. The van der Waals surface area contributed by atoms with Gasteiger partial charge in [0.2, 0.25) is 6.08 Å². The molecule has 1 heterocycles. The highest BCUT2D eigenvalue weighted by atomic mass is 16.1. The van der Waals surface area contributed by atoms with Crippen molar-refractivity contribution in [3.05, 3.63) is 48.3 Å². The molecule has 3 heteroatoms. The van der Waals surface area contributed by atoms with Crippen molar-refractivity contribution in [1.29, 1.82) is 0 Å². The molecule has 0 amide bonds. The Balaban J connectivity index is 2.72. The predicted octanol–water partition coefficient (Wildman–Crippen LogP) is 3.84. The molecule has 0 saturated heterocycles. The van der Waals surface area contributed by atoms with Crippen molar-refractivity contribution < 1.29 is 4.79 Å². The second kappa shape index (κ2) is 5.39. The van der Waals surface area contributed by atoms with E-state index in [9.17, 15) is 4.79 Å². The van der Waals surface area contributed by atoms with E-state index in [1.165, 1.54) is 0 Å². The monoisotopic (exact) mass is 238 g/mol. The largest absolute Gasteiger partial charge is 0.262 e. The summed E-state index contributed by atoms with van der Waals surface area (Å²) in [5.41, 5.74) is 3.65. The van der Waals surface area contributed by atoms with E-state index < -0.39 is 0 Å². The van der Waals surface area contributed by atoms with Crippen molar-refractivity contribution in [2.75, 3.05) is 0 Å². The number of benzene rings is 1. The highest BCUT2D eigenvalue weighted by molar-refractivity contribution is 5.79. The maximum atomic E-state index is 10.5. The van der Waals surface area contributed by atoms with Gasteiger partial charge in [0, 0.05) is 11.8 Å². The smallest absolute Gasteiger partial charge is 0.240 e. The van der Waals surface area contributed by atoms with Crippen LogP contribution in [0.5, 0.6) is 0 Å². The molecule has 0 unspecified atom stereocenters. The average Bonchev–Trinajstić information content (AvgIpc) is 2.40. The van der Waals surface area contributed by atoms with E-state index in [0.717, 1.165) is 16.7 Å². The molecule has 3 nitrogen and oxygen atoms in total. The van der Waals surface area contributed by atoms with E-state index in [0.29, 0.717) is 11.6 Å². The molecule has 90 valence electrons. The van der Waals surface area contributed by atoms with Crippen LogP contribution in [0.15, 0.2) is 47.7 Å². The number of carbonyl (C=O) groups excluding carboxylic acids is 1. The maximum absolute atomic E-state index is 10.5. The molecule has 0 fully saturated rings. The minimum absolute atomic E-state index is 0.314. The van der Waals surface area contributed by atoms with Crippen LogP contribution >= 0.6 is 0 Å². The SMILES string of the molecule is CC(C)c1cncc(N=C=O)c1-c1ccccc1. The average molecular weight is 238 g/mol. The van der Waals surface area contributed by atoms with Crippen LogP contribution in [0.3, 0.4) is 0 Å². The normalized spacial score (nSPS) is 10.2. The number of aromatic nitrogens is 1. The van der Waals surface area contributed by atoms with Crippen LogP contribution in [0.25, 0.3) is 11.1 Å². The number of nitrogens with zero attached hydrogens (tertiary/aromatic N) is 2. The summed E-state index contributed by atoms with van der Waals surface area (Å²) in [6.07, 6.45) is 5.02. The standard InChI is InChI=1S/C15H14N2O/c1-11(2)13-8-16-9-14(17-10-18)15(13)12-6-4-3-5-7-12/h3-9,11H,1-2H3. The van der Waals surface area contributed by atoms with Crippen molar-refractivity contribution in [2.24, 2.45) is 4.99 Å². The van der Waals surface area contributed by atoms with E-state index in [4.69, 9.17) is 0 Å². The van der Waals surface area contributed by atoms with Gasteiger partial charge in [0.05, 0.1) is 6.20 Å². The minimum Gasteiger partial charge on any atom is -0.262 e. The van der Waals surface area contributed by atoms with Gasteiger partial charge in [-0.25, -0.2) is 4.79 Å². The van der Waals surface area contributed by atoms with Gasteiger partial charge in [-0.3, -0.25) is 4.98 Å². The molecule has 0 spiro atoms. The van der Waals surface area contributed by atoms with Gasteiger partial charge in [0.25, 0.3) is 0 Å². The molecule has 1 aromatic heterocycles. The Morgan fingerprint density at radius 1 is 1.17 bits per heavy atom. The summed E-state index contributed by atoms with van der Waals surface area (Å²) in [4.78, 5) is 18.4. The molecule has 1 aromatic carbocycles. The van der Waals surface area contributed by atoms with Gasteiger partial charge in [-0.1, -0.05) is 44.2 Å². The zero-order valence-electron chi connectivity index (χ0n) is 10.4. The van der Waals surface area contributed by atoms with Crippen LogP contribution in [0.1, 0.15) is 25.3 Å². The molecule has 2 rings (SSSR count). The fourth-order valence-electron chi connectivity index (χ4n) is 1.96. The van der Waals surface area contributed by atoms with Crippen molar-refractivity contribution in [1.82, 2.24) is 4.98 Å². The van der Waals surface area contributed by atoms with E-state index in [1.807, 2.05) is 36.5 Å². The fraction of sp³-hybridized carbons (Fsp3) is 0.200. The molecule has 0 N–H and O–H groups in total. The summed E-state index contributed by atoms with van der Waals surface area (Å²) in [6.45, 7) is 4.19. The molecule has 0 aliphatic heterocycles. The summed E-state index contributed by atoms with van der Waals surface area (Å²) in [7, 11) is 0. The zero-order valence-corrected chi connectivity index (χ0v) is 10.4. The van der Waals surface area contributed by atoms with Crippen molar-refractivity contribution in [3.8, 4) is 11.1 Å². The first-order chi connectivity index (χ1) is 8.74. The van der Waals surface area contributed by atoms with Crippen LogP contribution in [-0.2, 0) is 4.79 Å². The first-order valence-corrected chi connectivity index (χ1v) is 5.85. The Bertz CT molecular complexity index is 585.